The second kappa shape index (κ2) is 6.47. The molecule has 112 valence electrons. The Kier molecular flexibility index (Phi) is 5.12. The Morgan fingerprint density at radius 2 is 2.15 bits per heavy atom. The molecule has 1 atom stereocenters. The van der Waals surface area contributed by atoms with Gasteiger partial charge in [-0.1, -0.05) is 13.0 Å². The molecule has 1 N–H and O–H groups in total. The van der Waals surface area contributed by atoms with Gasteiger partial charge >= 0.3 is 0 Å². The van der Waals surface area contributed by atoms with E-state index in [9.17, 15) is 13.5 Å². The fourth-order valence-electron chi connectivity index (χ4n) is 2.46. The molecule has 1 aliphatic rings. The molecule has 0 radical (unpaired) electrons. The molecule has 0 amide bonds. The third-order valence-electron chi connectivity index (χ3n) is 3.64. The van der Waals surface area contributed by atoms with Gasteiger partial charge in [0, 0.05) is 24.1 Å². The van der Waals surface area contributed by atoms with Gasteiger partial charge in [-0.2, -0.15) is 16.1 Å². The van der Waals surface area contributed by atoms with Crippen molar-refractivity contribution >= 4 is 21.8 Å². The average Bonchev–Trinajstić information content (AvgIpc) is 2.46. The molecule has 1 aromatic carbocycles. The van der Waals surface area contributed by atoms with Crippen LogP contribution in [0.15, 0.2) is 23.1 Å². The first-order chi connectivity index (χ1) is 9.50. The Hall–Kier alpha value is -0.560. The summed E-state index contributed by atoms with van der Waals surface area (Å²) in [5.74, 6) is 1.67. The first-order valence-electron chi connectivity index (χ1n) is 6.83. The molecule has 1 saturated heterocycles. The lowest BCUT2D eigenvalue weighted by atomic mass is 10.1. The van der Waals surface area contributed by atoms with Crippen molar-refractivity contribution in [2.24, 2.45) is 0 Å². The summed E-state index contributed by atoms with van der Waals surface area (Å²) in [4.78, 5) is 0.289. The molecule has 20 heavy (non-hydrogen) atoms. The van der Waals surface area contributed by atoms with Crippen molar-refractivity contribution in [3.63, 3.8) is 0 Å². The van der Waals surface area contributed by atoms with E-state index in [2.05, 4.69) is 0 Å². The molecular formula is C14H21NO3S2. The Labute approximate surface area is 125 Å². The van der Waals surface area contributed by atoms with Crippen LogP contribution in [0.2, 0.25) is 0 Å². The van der Waals surface area contributed by atoms with E-state index in [-0.39, 0.29) is 17.5 Å². The number of aliphatic hydroxyl groups is 1. The van der Waals surface area contributed by atoms with Gasteiger partial charge in [0.2, 0.25) is 10.0 Å². The number of rotatable bonds is 4. The van der Waals surface area contributed by atoms with E-state index in [0.717, 1.165) is 23.5 Å². The number of hydrogen-bond donors (Lipinski definition) is 1. The molecule has 0 aliphatic carbocycles. The smallest absolute Gasteiger partial charge is 0.243 e. The highest BCUT2D eigenvalue weighted by atomic mass is 32.2. The maximum Gasteiger partial charge on any atom is 0.243 e. The summed E-state index contributed by atoms with van der Waals surface area (Å²) >= 11 is 1.79. The van der Waals surface area contributed by atoms with Gasteiger partial charge in [-0.15, -0.1) is 0 Å². The molecular weight excluding hydrogens is 294 g/mol. The van der Waals surface area contributed by atoms with Gasteiger partial charge in [0.1, 0.15) is 0 Å². The summed E-state index contributed by atoms with van der Waals surface area (Å²) in [5, 5.41) is 9.39. The summed E-state index contributed by atoms with van der Waals surface area (Å²) in [6.07, 6.45) is 0.785. The van der Waals surface area contributed by atoms with Crippen LogP contribution in [0.25, 0.3) is 0 Å². The van der Waals surface area contributed by atoms with Gasteiger partial charge in [-0.25, -0.2) is 8.42 Å². The van der Waals surface area contributed by atoms with Crippen LogP contribution < -0.4 is 0 Å². The van der Waals surface area contributed by atoms with Crippen molar-refractivity contribution in [1.82, 2.24) is 4.31 Å². The van der Waals surface area contributed by atoms with E-state index in [1.54, 1.807) is 28.2 Å². The topological polar surface area (TPSA) is 57.6 Å². The van der Waals surface area contributed by atoms with Crippen molar-refractivity contribution in [2.75, 3.05) is 18.1 Å². The molecule has 1 heterocycles. The van der Waals surface area contributed by atoms with Crippen LogP contribution >= 0.6 is 11.8 Å². The lowest BCUT2D eigenvalue weighted by Gasteiger charge is -2.32. The van der Waals surface area contributed by atoms with E-state index in [1.807, 2.05) is 19.9 Å². The Bertz CT molecular complexity index is 572. The highest BCUT2D eigenvalue weighted by Crippen LogP contribution is 2.26. The van der Waals surface area contributed by atoms with Crippen LogP contribution in [-0.4, -0.2) is 41.9 Å². The zero-order valence-corrected chi connectivity index (χ0v) is 13.5. The molecule has 6 heteroatoms. The van der Waals surface area contributed by atoms with Crippen molar-refractivity contribution in [3.8, 4) is 0 Å². The second-order valence-electron chi connectivity index (χ2n) is 4.98. The molecule has 1 aromatic rings. The van der Waals surface area contributed by atoms with Crippen LogP contribution in [0.1, 0.15) is 25.0 Å². The minimum atomic E-state index is -3.46. The number of aliphatic hydroxyl groups excluding tert-OH is 1. The number of nitrogens with zero attached hydrogens (tertiary/aromatic N) is 1. The molecule has 0 aromatic heterocycles. The van der Waals surface area contributed by atoms with Gasteiger partial charge in [0.25, 0.3) is 0 Å². The number of sulfonamides is 1. The maximum absolute atomic E-state index is 12.7. The van der Waals surface area contributed by atoms with Crippen molar-refractivity contribution in [1.29, 1.82) is 0 Å². The van der Waals surface area contributed by atoms with E-state index in [0.29, 0.717) is 12.1 Å². The van der Waals surface area contributed by atoms with Gasteiger partial charge in [-0.05, 0) is 36.6 Å². The predicted octanol–water partition coefficient (Wildman–Crippen LogP) is 1.87. The molecule has 4 nitrogen and oxygen atoms in total. The third kappa shape index (κ3) is 3.03. The second-order valence-corrected chi connectivity index (χ2v) is 8.02. The minimum Gasteiger partial charge on any atom is -0.392 e. The van der Waals surface area contributed by atoms with Crippen LogP contribution in [0.4, 0.5) is 0 Å². The Balaban J connectivity index is 2.38. The SMILES string of the molecule is CCc1ccc(S(=O)(=O)N2CCSCC2C)cc1CO. The predicted molar refractivity (Wildman–Crippen MR) is 82.4 cm³/mol. The van der Waals surface area contributed by atoms with Crippen molar-refractivity contribution < 1.29 is 13.5 Å². The highest BCUT2D eigenvalue weighted by molar-refractivity contribution is 7.99. The van der Waals surface area contributed by atoms with Crippen LogP contribution in [-0.2, 0) is 23.1 Å². The zero-order chi connectivity index (χ0) is 14.8. The van der Waals surface area contributed by atoms with E-state index in [1.165, 1.54) is 0 Å². The molecule has 1 fully saturated rings. The number of thioether (sulfide) groups is 1. The van der Waals surface area contributed by atoms with Crippen LogP contribution in [0.5, 0.6) is 0 Å². The van der Waals surface area contributed by atoms with Crippen molar-refractivity contribution in [3.05, 3.63) is 29.3 Å². The summed E-state index contributed by atoms with van der Waals surface area (Å²) in [6.45, 7) is 4.36. The van der Waals surface area contributed by atoms with E-state index >= 15 is 0 Å². The lowest BCUT2D eigenvalue weighted by Crippen LogP contribution is -2.44. The average molecular weight is 315 g/mol. The monoisotopic (exact) mass is 315 g/mol. The van der Waals surface area contributed by atoms with Gasteiger partial charge < -0.3 is 5.11 Å². The summed E-state index contributed by atoms with van der Waals surface area (Å²) in [5.41, 5.74) is 1.70. The summed E-state index contributed by atoms with van der Waals surface area (Å²) < 4.78 is 27.0. The van der Waals surface area contributed by atoms with Gasteiger partial charge in [-0.3, -0.25) is 0 Å². The van der Waals surface area contributed by atoms with Crippen LogP contribution in [0, 0.1) is 0 Å². The number of benzene rings is 1. The highest BCUT2D eigenvalue weighted by Gasteiger charge is 2.31. The largest absolute Gasteiger partial charge is 0.392 e. The third-order valence-corrected chi connectivity index (χ3v) is 6.84. The molecule has 0 bridgehead atoms. The summed E-state index contributed by atoms with van der Waals surface area (Å²) in [7, 11) is -3.46. The first kappa shape index (κ1) is 15.8. The minimum absolute atomic E-state index is 0.0159. The number of aryl methyl sites for hydroxylation is 1. The normalized spacial score (nSPS) is 21.1. The molecule has 1 unspecified atom stereocenters. The van der Waals surface area contributed by atoms with Crippen molar-refractivity contribution in [2.45, 2.75) is 37.8 Å². The first-order valence-corrected chi connectivity index (χ1v) is 9.42. The molecule has 2 rings (SSSR count). The molecule has 1 aliphatic heterocycles. The zero-order valence-electron chi connectivity index (χ0n) is 11.9. The van der Waals surface area contributed by atoms with Gasteiger partial charge in [0.05, 0.1) is 11.5 Å². The van der Waals surface area contributed by atoms with E-state index < -0.39 is 10.0 Å². The van der Waals surface area contributed by atoms with E-state index in [4.69, 9.17) is 0 Å². The quantitative estimate of drug-likeness (QED) is 0.921. The molecule has 0 spiro atoms. The Morgan fingerprint density at radius 3 is 2.75 bits per heavy atom. The lowest BCUT2D eigenvalue weighted by molar-refractivity contribution is 0.280. The maximum atomic E-state index is 12.7. The van der Waals surface area contributed by atoms with Gasteiger partial charge in [0.15, 0.2) is 0 Å². The molecule has 0 saturated carbocycles. The Morgan fingerprint density at radius 1 is 1.40 bits per heavy atom. The fraction of sp³-hybridized carbons (Fsp3) is 0.571. The fourth-order valence-corrected chi connectivity index (χ4v) is 5.36. The standard InChI is InChI=1S/C14H21NO3S2/c1-3-12-4-5-14(8-13(12)9-16)20(17,18)15-6-7-19-10-11(15)2/h4-5,8,11,16H,3,6-7,9-10H2,1-2H3. The summed E-state index contributed by atoms with van der Waals surface area (Å²) in [6, 6.07) is 5.09. The number of hydrogen-bond acceptors (Lipinski definition) is 4. The van der Waals surface area contributed by atoms with Crippen LogP contribution in [0.3, 0.4) is 0 Å².